The normalized spacial score (nSPS) is 14.1. The molecule has 2 rings (SSSR count). The van der Waals surface area contributed by atoms with Gasteiger partial charge in [-0.1, -0.05) is 23.7 Å². The highest BCUT2D eigenvalue weighted by molar-refractivity contribution is 6.34. The van der Waals surface area contributed by atoms with Gasteiger partial charge in [-0.25, -0.2) is 0 Å². The van der Waals surface area contributed by atoms with Crippen LogP contribution in [0.3, 0.4) is 0 Å². The molecular weight excluding hydrogens is 250 g/mol. The van der Waals surface area contributed by atoms with Crippen molar-refractivity contribution in [1.29, 1.82) is 0 Å². The SMILES string of the molecule is CC(C)(C)NCC(O)c1cc2cccc(Cl)c2o1. The third-order valence-electron chi connectivity index (χ3n) is 2.67. The molecule has 2 N–H and O–H groups in total. The molecule has 0 spiro atoms. The highest BCUT2D eigenvalue weighted by atomic mass is 35.5. The van der Waals surface area contributed by atoms with Crippen LogP contribution in [0.1, 0.15) is 32.6 Å². The van der Waals surface area contributed by atoms with Gasteiger partial charge in [-0.2, -0.15) is 0 Å². The van der Waals surface area contributed by atoms with E-state index in [2.05, 4.69) is 26.1 Å². The van der Waals surface area contributed by atoms with Crippen molar-refractivity contribution in [2.75, 3.05) is 6.54 Å². The van der Waals surface area contributed by atoms with Gasteiger partial charge >= 0.3 is 0 Å². The smallest absolute Gasteiger partial charge is 0.152 e. The lowest BCUT2D eigenvalue weighted by Gasteiger charge is -2.22. The van der Waals surface area contributed by atoms with Crippen LogP contribution in [0.25, 0.3) is 11.0 Å². The Balaban J connectivity index is 2.18. The van der Waals surface area contributed by atoms with Crippen LogP contribution in [0.2, 0.25) is 5.02 Å². The van der Waals surface area contributed by atoms with Gasteiger partial charge in [-0.3, -0.25) is 0 Å². The van der Waals surface area contributed by atoms with Crippen LogP contribution in [0.5, 0.6) is 0 Å². The molecule has 0 radical (unpaired) electrons. The van der Waals surface area contributed by atoms with Crippen molar-refractivity contribution in [1.82, 2.24) is 5.32 Å². The van der Waals surface area contributed by atoms with Crippen molar-refractivity contribution in [3.63, 3.8) is 0 Å². The first-order chi connectivity index (χ1) is 8.37. The van der Waals surface area contributed by atoms with E-state index in [0.29, 0.717) is 22.9 Å². The quantitative estimate of drug-likeness (QED) is 0.895. The van der Waals surface area contributed by atoms with E-state index in [9.17, 15) is 5.11 Å². The fourth-order valence-electron chi connectivity index (χ4n) is 1.72. The van der Waals surface area contributed by atoms with Gasteiger partial charge in [0, 0.05) is 17.5 Å². The maximum atomic E-state index is 10.1. The van der Waals surface area contributed by atoms with E-state index < -0.39 is 6.10 Å². The number of hydrogen-bond donors (Lipinski definition) is 2. The first-order valence-electron chi connectivity index (χ1n) is 5.98. The van der Waals surface area contributed by atoms with Gasteiger partial charge in [-0.15, -0.1) is 0 Å². The van der Waals surface area contributed by atoms with Crippen molar-refractivity contribution in [3.8, 4) is 0 Å². The van der Waals surface area contributed by atoms with Crippen molar-refractivity contribution in [3.05, 3.63) is 35.0 Å². The average molecular weight is 268 g/mol. The molecule has 0 fully saturated rings. The number of benzene rings is 1. The Morgan fingerprint density at radius 3 is 2.72 bits per heavy atom. The van der Waals surface area contributed by atoms with Crippen LogP contribution in [-0.2, 0) is 0 Å². The molecule has 98 valence electrons. The van der Waals surface area contributed by atoms with Crippen molar-refractivity contribution in [2.45, 2.75) is 32.4 Å². The highest BCUT2D eigenvalue weighted by Crippen LogP contribution is 2.29. The number of rotatable bonds is 3. The minimum absolute atomic E-state index is 0.0371. The zero-order valence-corrected chi connectivity index (χ0v) is 11.6. The average Bonchev–Trinajstić information content (AvgIpc) is 2.70. The number of furan rings is 1. The molecule has 1 aromatic heterocycles. The summed E-state index contributed by atoms with van der Waals surface area (Å²) >= 11 is 6.03. The Morgan fingerprint density at radius 2 is 2.11 bits per heavy atom. The van der Waals surface area contributed by atoms with Gasteiger partial charge in [0.1, 0.15) is 11.9 Å². The molecule has 0 saturated carbocycles. The number of aliphatic hydroxyl groups excluding tert-OH is 1. The monoisotopic (exact) mass is 267 g/mol. The van der Waals surface area contributed by atoms with Crippen molar-refractivity contribution >= 4 is 22.6 Å². The fraction of sp³-hybridized carbons (Fsp3) is 0.429. The van der Waals surface area contributed by atoms with Crippen LogP contribution in [0.4, 0.5) is 0 Å². The second-order valence-corrected chi connectivity index (χ2v) is 5.86. The van der Waals surface area contributed by atoms with Gasteiger partial charge in [0.05, 0.1) is 5.02 Å². The summed E-state index contributed by atoms with van der Waals surface area (Å²) in [5.41, 5.74) is 0.592. The largest absolute Gasteiger partial charge is 0.457 e. The topological polar surface area (TPSA) is 45.4 Å². The van der Waals surface area contributed by atoms with E-state index in [1.807, 2.05) is 18.2 Å². The number of nitrogens with one attached hydrogen (secondary N) is 1. The third-order valence-corrected chi connectivity index (χ3v) is 2.97. The van der Waals surface area contributed by atoms with Crippen LogP contribution < -0.4 is 5.32 Å². The summed E-state index contributed by atoms with van der Waals surface area (Å²) in [6.07, 6.45) is -0.673. The molecule has 1 atom stereocenters. The minimum atomic E-state index is -0.673. The summed E-state index contributed by atoms with van der Waals surface area (Å²) in [7, 11) is 0. The predicted molar refractivity (Wildman–Crippen MR) is 73.9 cm³/mol. The summed E-state index contributed by atoms with van der Waals surface area (Å²) in [5, 5.41) is 14.8. The molecule has 2 aromatic rings. The number of para-hydroxylation sites is 1. The zero-order valence-electron chi connectivity index (χ0n) is 10.8. The van der Waals surface area contributed by atoms with Gasteiger partial charge in [0.15, 0.2) is 5.58 Å². The van der Waals surface area contributed by atoms with Crippen molar-refractivity contribution < 1.29 is 9.52 Å². The van der Waals surface area contributed by atoms with Crippen LogP contribution in [0.15, 0.2) is 28.7 Å². The predicted octanol–water partition coefficient (Wildman–Crippen LogP) is 3.51. The molecule has 0 saturated heterocycles. The first kappa shape index (κ1) is 13.4. The first-order valence-corrected chi connectivity index (χ1v) is 6.36. The molecule has 18 heavy (non-hydrogen) atoms. The van der Waals surface area contributed by atoms with Gasteiger partial charge in [-0.05, 0) is 32.9 Å². The van der Waals surface area contributed by atoms with Gasteiger partial charge < -0.3 is 14.8 Å². The lowest BCUT2D eigenvalue weighted by atomic mass is 10.1. The summed E-state index contributed by atoms with van der Waals surface area (Å²) in [5.74, 6) is 0.537. The molecule has 1 unspecified atom stereocenters. The number of hydrogen-bond acceptors (Lipinski definition) is 3. The molecule has 0 amide bonds. The Hall–Kier alpha value is -1.03. The minimum Gasteiger partial charge on any atom is -0.457 e. The van der Waals surface area contributed by atoms with E-state index >= 15 is 0 Å². The third kappa shape index (κ3) is 3.05. The molecular formula is C14H18ClNO2. The molecule has 4 heteroatoms. The molecule has 0 aliphatic carbocycles. The molecule has 0 aliphatic heterocycles. The van der Waals surface area contributed by atoms with Crippen LogP contribution in [0, 0.1) is 0 Å². The maximum absolute atomic E-state index is 10.1. The second kappa shape index (κ2) is 4.92. The van der Waals surface area contributed by atoms with E-state index in [1.165, 1.54) is 0 Å². The van der Waals surface area contributed by atoms with Crippen LogP contribution >= 0.6 is 11.6 Å². The lowest BCUT2D eigenvalue weighted by Crippen LogP contribution is -2.38. The number of fused-ring (bicyclic) bond motifs is 1. The number of β-amino-alcohol motifs (C(OH)–C–C–N with tert-alkyl or cyclic N) is 1. The second-order valence-electron chi connectivity index (χ2n) is 5.45. The molecule has 1 aromatic carbocycles. The molecule has 0 aliphatic rings. The molecule has 1 heterocycles. The molecule has 3 nitrogen and oxygen atoms in total. The van der Waals surface area contributed by atoms with Crippen molar-refractivity contribution in [2.24, 2.45) is 0 Å². The zero-order chi connectivity index (χ0) is 13.3. The summed E-state index contributed by atoms with van der Waals surface area (Å²) in [6, 6.07) is 7.38. The lowest BCUT2D eigenvalue weighted by molar-refractivity contribution is 0.140. The number of aliphatic hydroxyl groups is 1. The Labute approximate surface area is 112 Å². The van der Waals surface area contributed by atoms with Gasteiger partial charge in [0.25, 0.3) is 0 Å². The fourth-order valence-corrected chi connectivity index (χ4v) is 1.94. The summed E-state index contributed by atoms with van der Waals surface area (Å²) in [6.45, 7) is 6.60. The maximum Gasteiger partial charge on any atom is 0.152 e. The summed E-state index contributed by atoms with van der Waals surface area (Å²) in [4.78, 5) is 0. The van der Waals surface area contributed by atoms with Gasteiger partial charge in [0.2, 0.25) is 0 Å². The Kier molecular flexibility index (Phi) is 3.66. The Morgan fingerprint density at radius 1 is 1.39 bits per heavy atom. The van der Waals surface area contributed by atoms with Crippen LogP contribution in [-0.4, -0.2) is 17.2 Å². The number of halogens is 1. The van der Waals surface area contributed by atoms with E-state index in [-0.39, 0.29) is 5.54 Å². The highest BCUT2D eigenvalue weighted by Gasteiger charge is 2.17. The van der Waals surface area contributed by atoms with E-state index in [1.54, 1.807) is 6.07 Å². The van der Waals surface area contributed by atoms with E-state index in [0.717, 1.165) is 5.39 Å². The molecule has 0 bridgehead atoms. The van der Waals surface area contributed by atoms with E-state index in [4.69, 9.17) is 16.0 Å². The summed E-state index contributed by atoms with van der Waals surface area (Å²) < 4.78 is 5.60. The standard InChI is InChI=1S/C14H18ClNO2/c1-14(2,3)16-8-11(17)12-7-9-5-4-6-10(15)13(9)18-12/h4-7,11,16-17H,8H2,1-3H3. The Bertz CT molecular complexity index is 542.